The van der Waals surface area contributed by atoms with E-state index in [1.807, 2.05) is 12.1 Å². The summed E-state index contributed by atoms with van der Waals surface area (Å²) < 4.78 is 62.5. The molecule has 288 valence electrons. The minimum Gasteiger partial charge on any atom is -0.506 e. The fourth-order valence-electron chi connectivity index (χ4n) is 5.03. The van der Waals surface area contributed by atoms with Crippen LogP contribution >= 0.6 is 0 Å². The summed E-state index contributed by atoms with van der Waals surface area (Å²) in [5.74, 6) is 0.469. The lowest BCUT2D eigenvalue weighted by Crippen LogP contribution is -2.05. The first-order valence-electron chi connectivity index (χ1n) is 16.2. The topological polar surface area (TPSA) is 288 Å². The molecule has 0 aliphatic heterocycles. The summed E-state index contributed by atoms with van der Waals surface area (Å²) in [7, 11) is -7.83. The first-order valence-corrected chi connectivity index (χ1v) is 19.1. The zero-order valence-electron chi connectivity index (χ0n) is 29.7. The summed E-state index contributed by atoms with van der Waals surface area (Å²) in [6.07, 6.45) is 0. The second kappa shape index (κ2) is 16.5. The van der Waals surface area contributed by atoms with Crippen molar-refractivity contribution in [1.29, 1.82) is 10.5 Å². The van der Waals surface area contributed by atoms with Gasteiger partial charge < -0.3 is 42.6 Å². The summed E-state index contributed by atoms with van der Waals surface area (Å²) in [5, 5.41) is 36.8. The average Bonchev–Trinajstić information content (AvgIpc) is 3.21. The minimum absolute atomic E-state index is 0.0327. The number of benzene rings is 6. The summed E-state index contributed by atoms with van der Waals surface area (Å²) >= 11 is 0. The fraction of sp³-hybridized carbons (Fsp3) is 0. The van der Waals surface area contributed by atoms with Crippen LogP contribution < -0.4 is 32.4 Å². The molecule has 0 amide bonds. The van der Waals surface area contributed by atoms with E-state index in [0.29, 0.717) is 0 Å². The van der Waals surface area contributed by atoms with Crippen molar-refractivity contribution in [1.82, 2.24) is 0 Å². The largest absolute Gasteiger partial charge is 0.506 e. The number of ether oxygens (including phenoxy) is 2. The van der Waals surface area contributed by atoms with Crippen LogP contribution in [0.4, 0.5) is 34.1 Å². The number of nitriles is 2. The molecule has 18 heteroatoms. The number of nitrogen functional groups attached to an aromatic ring is 4. The van der Waals surface area contributed by atoms with Crippen LogP contribution in [0.15, 0.2) is 129 Å². The van der Waals surface area contributed by atoms with Gasteiger partial charge in [0.25, 0.3) is 0 Å². The molecule has 10 N–H and O–H groups in total. The van der Waals surface area contributed by atoms with Crippen LogP contribution in [0.2, 0.25) is 0 Å². The van der Waals surface area contributed by atoms with E-state index in [0.717, 1.165) is 12.1 Å². The summed E-state index contributed by atoms with van der Waals surface area (Å²) in [6.45, 7) is 14.3. The number of rotatable bonds is 8. The van der Waals surface area contributed by atoms with Gasteiger partial charge in [-0.3, -0.25) is 4.85 Å². The number of phenols is 2. The zero-order chi connectivity index (χ0) is 42.4. The van der Waals surface area contributed by atoms with Gasteiger partial charge in [0.1, 0.15) is 46.6 Å². The molecule has 0 atom stereocenters. The monoisotopic (exact) mass is 812 g/mol. The second-order valence-corrected chi connectivity index (χ2v) is 15.8. The highest BCUT2D eigenvalue weighted by atomic mass is 32.2. The third-order valence-electron chi connectivity index (χ3n) is 8.08. The third kappa shape index (κ3) is 8.60. The van der Waals surface area contributed by atoms with Gasteiger partial charge in [0, 0.05) is 0 Å². The molecule has 0 fully saturated rings. The summed E-state index contributed by atoms with van der Waals surface area (Å²) in [4.78, 5) is 6.24. The van der Waals surface area contributed by atoms with E-state index in [1.165, 1.54) is 97.1 Å². The number of aromatic hydroxyl groups is 2. The number of nitrogens with zero attached hydrogens (tertiary/aromatic N) is 4. The lowest BCUT2D eigenvalue weighted by atomic mass is 10.1. The van der Waals surface area contributed by atoms with Crippen LogP contribution in [0.5, 0.6) is 34.5 Å². The molecule has 0 aliphatic carbocycles. The molecule has 6 rings (SSSR count). The van der Waals surface area contributed by atoms with Crippen LogP contribution in [0.3, 0.4) is 0 Å². The number of sulfone groups is 2. The Hall–Kier alpha value is -8.42. The van der Waals surface area contributed by atoms with E-state index >= 15 is 0 Å². The summed E-state index contributed by atoms with van der Waals surface area (Å²) in [5.41, 5.74) is 23.7. The Balaban J connectivity index is 0.000000281. The van der Waals surface area contributed by atoms with Crippen LogP contribution in [0.25, 0.3) is 9.69 Å². The fourth-order valence-corrected chi connectivity index (χ4v) is 7.69. The molecule has 6 aromatic rings. The second-order valence-electron chi connectivity index (χ2n) is 11.9. The molecule has 16 nitrogen and oxygen atoms in total. The number of nitrogens with two attached hydrogens (primary N) is 4. The summed E-state index contributed by atoms with van der Waals surface area (Å²) in [6, 6.07) is 27.6. The van der Waals surface area contributed by atoms with E-state index < -0.39 is 19.7 Å². The van der Waals surface area contributed by atoms with Gasteiger partial charge in [0.15, 0.2) is 11.4 Å². The smallest absolute Gasteiger partial charge is 0.206 e. The molecule has 0 saturated carbocycles. The molecule has 0 aliphatic rings. The maximum atomic E-state index is 13.3. The Bertz CT molecular complexity index is 2830. The van der Waals surface area contributed by atoms with Crippen molar-refractivity contribution in [3.63, 3.8) is 0 Å². The number of phenolic OH excluding ortho intramolecular Hbond substituents is 2. The maximum Gasteiger partial charge on any atom is 0.206 e. The normalized spacial score (nSPS) is 10.7. The lowest BCUT2D eigenvalue weighted by molar-refractivity contribution is 0.477. The molecular formula is C40H28N8O8S2. The average molecular weight is 813 g/mol. The minimum atomic E-state index is -4.03. The molecule has 0 bridgehead atoms. The van der Waals surface area contributed by atoms with E-state index in [-0.39, 0.29) is 99.3 Å². The molecule has 0 aromatic heterocycles. The number of hydrogen-bond donors (Lipinski definition) is 6. The van der Waals surface area contributed by atoms with Crippen molar-refractivity contribution in [2.45, 2.75) is 19.6 Å². The first kappa shape index (κ1) is 40.8. The maximum absolute atomic E-state index is 13.3. The van der Waals surface area contributed by atoms with Crippen molar-refractivity contribution in [3.05, 3.63) is 143 Å². The Morgan fingerprint density at radius 2 is 0.897 bits per heavy atom. The Kier molecular flexibility index (Phi) is 11.6. The Morgan fingerprint density at radius 1 is 0.500 bits per heavy atom. The highest BCUT2D eigenvalue weighted by Crippen LogP contribution is 2.38. The van der Waals surface area contributed by atoms with Gasteiger partial charge in [0.2, 0.25) is 19.7 Å². The SMILES string of the molecule is Nc1cc(S(=O)(=O)c2ccc(O)c(N)c2)ccc1O.[C-]#[N+]c1ccc(Oc2ccc(S(=O)(=O)c3ccc(Oc4ccc(C#N)c(C#N)c4)c(N)c3)cc2N)cc1[N+]#[C-]. The lowest BCUT2D eigenvalue weighted by Gasteiger charge is -2.13. The highest BCUT2D eigenvalue weighted by Gasteiger charge is 2.22. The molecule has 0 radical (unpaired) electrons. The van der Waals surface area contributed by atoms with E-state index in [1.54, 1.807) is 0 Å². The van der Waals surface area contributed by atoms with Gasteiger partial charge in [-0.2, -0.15) is 10.5 Å². The van der Waals surface area contributed by atoms with Gasteiger partial charge in [-0.25, -0.2) is 21.7 Å². The van der Waals surface area contributed by atoms with Crippen molar-refractivity contribution in [2.24, 2.45) is 0 Å². The molecule has 58 heavy (non-hydrogen) atoms. The van der Waals surface area contributed by atoms with E-state index in [9.17, 15) is 32.3 Å². The van der Waals surface area contributed by atoms with Crippen LogP contribution in [-0.2, 0) is 19.7 Å². The van der Waals surface area contributed by atoms with Crippen LogP contribution in [-0.4, -0.2) is 27.0 Å². The van der Waals surface area contributed by atoms with Crippen LogP contribution in [0.1, 0.15) is 11.1 Å². The van der Waals surface area contributed by atoms with Crippen molar-refractivity contribution >= 4 is 53.8 Å². The number of anilines is 4. The predicted molar refractivity (Wildman–Crippen MR) is 213 cm³/mol. The molecule has 0 unspecified atom stereocenters. The molecular weight excluding hydrogens is 785 g/mol. The molecule has 0 heterocycles. The predicted octanol–water partition coefficient (Wildman–Crippen LogP) is 7.21. The third-order valence-corrected chi connectivity index (χ3v) is 11.6. The number of hydrogen-bond acceptors (Lipinski definition) is 14. The van der Waals surface area contributed by atoms with Gasteiger partial charge >= 0.3 is 0 Å². The Labute approximate surface area is 332 Å². The Morgan fingerprint density at radius 3 is 1.29 bits per heavy atom. The molecule has 6 aromatic carbocycles. The van der Waals surface area contributed by atoms with Crippen molar-refractivity contribution < 1.29 is 36.5 Å². The van der Waals surface area contributed by atoms with Crippen molar-refractivity contribution in [2.75, 3.05) is 22.9 Å². The van der Waals surface area contributed by atoms with E-state index in [4.69, 9.17) is 50.8 Å². The van der Waals surface area contributed by atoms with Crippen molar-refractivity contribution in [3.8, 4) is 46.6 Å². The van der Waals surface area contributed by atoms with Gasteiger partial charge in [-0.15, -0.1) is 0 Å². The standard InChI is InChI=1S/C28H16N6O4S.C12H12N2O4S/c1-33-25-8-5-20(12-26(25)34-2)38-28-10-7-22(14-24(28)32)39(35,36)21-6-9-27(23(31)13-21)37-19-4-3-17(15-29)18(11-19)16-30;13-9-5-7(1-3-11(9)15)19(17,18)8-2-4-12(16)10(14)6-8/h3-14H,31-32H2;1-6,15-16H,13-14H2. The quantitative estimate of drug-likeness (QED) is 0.0503. The van der Waals surface area contributed by atoms with E-state index in [2.05, 4.69) is 9.69 Å². The molecule has 0 saturated heterocycles. The highest BCUT2D eigenvalue weighted by molar-refractivity contribution is 7.91. The van der Waals surface area contributed by atoms with Gasteiger partial charge in [-0.05, 0) is 103 Å². The van der Waals surface area contributed by atoms with Gasteiger partial charge in [-0.1, -0.05) is 6.07 Å². The van der Waals surface area contributed by atoms with Gasteiger partial charge in [0.05, 0.1) is 66.6 Å². The zero-order valence-corrected chi connectivity index (χ0v) is 31.3. The van der Waals surface area contributed by atoms with Crippen LogP contribution in [0, 0.1) is 35.8 Å². The molecule has 0 spiro atoms. The first-order chi connectivity index (χ1) is 27.5.